The van der Waals surface area contributed by atoms with Gasteiger partial charge in [-0.15, -0.1) is 0 Å². The first kappa shape index (κ1) is 22.0. The minimum absolute atomic E-state index is 0.0140. The number of Topliss-reactive ketones (excluding diaryl/α,β-unsaturated/α-hetero) is 1. The van der Waals surface area contributed by atoms with Crippen molar-refractivity contribution in [3.63, 3.8) is 0 Å². The van der Waals surface area contributed by atoms with Crippen LogP contribution in [0.2, 0.25) is 0 Å². The number of rotatable bonds is 5. The van der Waals surface area contributed by atoms with Crippen molar-refractivity contribution >= 4 is 38.2 Å². The van der Waals surface area contributed by atoms with Crippen LogP contribution in [0.3, 0.4) is 0 Å². The number of amides is 1. The van der Waals surface area contributed by atoms with Gasteiger partial charge in [0.15, 0.2) is 27.0 Å². The minimum Gasteiger partial charge on any atom is -0.463 e. The van der Waals surface area contributed by atoms with Crippen molar-refractivity contribution in [3.05, 3.63) is 65.5 Å². The Balaban J connectivity index is 1.61. The lowest BCUT2D eigenvalue weighted by Crippen LogP contribution is -2.15. The molecule has 1 aliphatic rings. The molecule has 1 saturated heterocycles. The van der Waals surface area contributed by atoms with Gasteiger partial charge in [-0.3, -0.25) is 9.59 Å². The SMILES string of the molecule is CC(=O)c1ccc(NC(=O)c2cc(-c3ccco3)nc3c2c(C)nn3C2CCS(=O)(=O)C2)cc1. The van der Waals surface area contributed by atoms with Crippen molar-refractivity contribution in [1.82, 2.24) is 14.8 Å². The molecule has 34 heavy (non-hydrogen) atoms. The zero-order valence-electron chi connectivity index (χ0n) is 18.6. The molecular formula is C24H22N4O5S. The zero-order valence-corrected chi connectivity index (χ0v) is 19.4. The van der Waals surface area contributed by atoms with Crippen molar-refractivity contribution in [2.24, 2.45) is 0 Å². The summed E-state index contributed by atoms with van der Waals surface area (Å²) in [5.41, 5.74) is 2.88. The minimum atomic E-state index is -3.14. The van der Waals surface area contributed by atoms with Gasteiger partial charge in [0.25, 0.3) is 5.91 Å². The highest BCUT2D eigenvalue weighted by atomic mass is 32.2. The van der Waals surface area contributed by atoms with Crippen molar-refractivity contribution in [3.8, 4) is 11.5 Å². The molecule has 3 aromatic heterocycles. The number of benzene rings is 1. The molecule has 4 heterocycles. The van der Waals surface area contributed by atoms with E-state index in [1.54, 1.807) is 54.1 Å². The number of nitrogens with zero attached hydrogens (tertiary/aromatic N) is 3. The van der Waals surface area contributed by atoms with E-state index in [1.165, 1.54) is 13.2 Å². The summed E-state index contributed by atoms with van der Waals surface area (Å²) >= 11 is 0. The number of sulfone groups is 1. The number of nitrogens with one attached hydrogen (secondary N) is 1. The number of aryl methyl sites for hydroxylation is 1. The van der Waals surface area contributed by atoms with Crippen LogP contribution in [0.1, 0.15) is 45.8 Å². The average Bonchev–Trinajstić information content (AvgIpc) is 3.53. The van der Waals surface area contributed by atoms with Crippen LogP contribution in [0, 0.1) is 6.92 Å². The maximum atomic E-state index is 13.4. The summed E-state index contributed by atoms with van der Waals surface area (Å²) in [7, 11) is -3.14. The van der Waals surface area contributed by atoms with Crippen LogP contribution in [-0.2, 0) is 9.84 Å². The van der Waals surface area contributed by atoms with E-state index in [-0.39, 0.29) is 29.2 Å². The third kappa shape index (κ3) is 4.01. The van der Waals surface area contributed by atoms with Gasteiger partial charge in [0, 0.05) is 11.3 Å². The highest BCUT2D eigenvalue weighted by Gasteiger charge is 2.32. The van der Waals surface area contributed by atoms with Crippen LogP contribution < -0.4 is 5.32 Å². The number of carbonyl (C=O) groups excluding carboxylic acids is 2. The van der Waals surface area contributed by atoms with Gasteiger partial charge in [0.05, 0.1) is 40.5 Å². The number of hydrogen-bond donors (Lipinski definition) is 1. The third-order valence-electron chi connectivity index (χ3n) is 5.96. The molecule has 1 aromatic carbocycles. The van der Waals surface area contributed by atoms with Crippen LogP contribution in [-0.4, -0.2) is 46.4 Å². The van der Waals surface area contributed by atoms with Crippen molar-refractivity contribution < 1.29 is 22.4 Å². The quantitative estimate of drug-likeness (QED) is 0.433. The molecule has 5 rings (SSSR count). The molecule has 0 spiro atoms. The first-order valence-corrected chi connectivity index (χ1v) is 12.6. The number of pyridine rings is 1. The van der Waals surface area contributed by atoms with Crippen LogP contribution in [0.25, 0.3) is 22.5 Å². The van der Waals surface area contributed by atoms with Crippen LogP contribution in [0.15, 0.2) is 53.1 Å². The Bertz CT molecular complexity index is 1520. The predicted molar refractivity (Wildman–Crippen MR) is 127 cm³/mol. The molecule has 10 heteroatoms. The molecule has 0 bridgehead atoms. The smallest absolute Gasteiger partial charge is 0.256 e. The van der Waals surface area contributed by atoms with Gasteiger partial charge in [0.2, 0.25) is 0 Å². The Kier molecular flexibility index (Phi) is 5.32. The summed E-state index contributed by atoms with van der Waals surface area (Å²) < 4.78 is 31.3. The van der Waals surface area contributed by atoms with Gasteiger partial charge in [-0.25, -0.2) is 18.1 Å². The van der Waals surface area contributed by atoms with Crippen molar-refractivity contribution in [2.75, 3.05) is 16.8 Å². The fraction of sp³-hybridized carbons (Fsp3) is 0.250. The monoisotopic (exact) mass is 478 g/mol. The lowest BCUT2D eigenvalue weighted by atomic mass is 10.1. The molecule has 9 nitrogen and oxygen atoms in total. The fourth-order valence-corrected chi connectivity index (χ4v) is 5.94. The Labute approximate surface area is 195 Å². The molecule has 0 radical (unpaired) electrons. The van der Waals surface area contributed by atoms with E-state index in [2.05, 4.69) is 10.4 Å². The first-order valence-electron chi connectivity index (χ1n) is 10.8. The van der Waals surface area contributed by atoms with Gasteiger partial charge in [-0.2, -0.15) is 5.10 Å². The maximum absolute atomic E-state index is 13.4. The topological polar surface area (TPSA) is 124 Å². The molecule has 174 valence electrons. The van der Waals surface area contributed by atoms with E-state index in [4.69, 9.17) is 9.40 Å². The second kappa shape index (κ2) is 8.21. The number of aromatic nitrogens is 3. The van der Waals surface area contributed by atoms with E-state index in [0.717, 1.165) is 0 Å². The second-order valence-electron chi connectivity index (χ2n) is 8.41. The summed E-state index contributed by atoms with van der Waals surface area (Å²) in [4.78, 5) is 29.6. The molecule has 1 amide bonds. The number of fused-ring (bicyclic) bond motifs is 1. The standard InChI is InChI=1S/C24H22N4O5S/c1-14-22-19(24(30)25-17-7-5-16(6-8-17)15(2)29)12-20(21-4-3-10-33-21)26-23(22)28(27-14)18-9-11-34(31,32)13-18/h3-8,10,12,18H,9,11,13H2,1-2H3,(H,25,30). The summed E-state index contributed by atoms with van der Waals surface area (Å²) in [5.74, 6) is 0.122. The van der Waals surface area contributed by atoms with Crippen molar-refractivity contribution in [2.45, 2.75) is 26.3 Å². The molecule has 1 fully saturated rings. The van der Waals surface area contributed by atoms with Gasteiger partial charge >= 0.3 is 0 Å². The van der Waals surface area contributed by atoms with Crippen LogP contribution in [0.4, 0.5) is 5.69 Å². The first-order chi connectivity index (χ1) is 16.2. The van der Waals surface area contributed by atoms with E-state index in [9.17, 15) is 18.0 Å². The lowest BCUT2D eigenvalue weighted by molar-refractivity contribution is 0.101. The molecule has 0 saturated carbocycles. The number of ketones is 1. The highest BCUT2D eigenvalue weighted by Crippen LogP contribution is 2.32. The van der Waals surface area contributed by atoms with Gasteiger partial charge in [0.1, 0.15) is 5.69 Å². The van der Waals surface area contributed by atoms with Crippen molar-refractivity contribution in [1.29, 1.82) is 0 Å². The van der Waals surface area contributed by atoms with Crippen LogP contribution in [0.5, 0.6) is 0 Å². The largest absolute Gasteiger partial charge is 0.463 e. The number of carbonyl (C=O) groups is 2. The summed E-state index contributed by atoms with van der Waals surface area (Å²) in [6.07, 6.45) is 1.96. The molecule has 4 aromatic rings. The van der Waals surface area contributed by atoms with Gasteiger partial charge in [-0.1, -0.05) is 0 Å². The van der Waals surface area contributed by atoms with Gasteiger partial charge < -0.3 is 9.73 Å². The van der Waals surface area contributed by atoms with E-state index in [0.29, 0.717) is 51.4 Å². The molecular weight excluding hydrogens is 456 g/mol. The van der Waals surface area contributed by atoms with E-state index < -0.39 is 9.84 Å². The van der Waals surface area contributed by atoms with E-state index in [1.807, 2.05) is 0 Å². The predicted octanol–water partition coefficient (Wildman–Crippen LogP) is 3.81. The van der Waals surface area contributed by atoms with Crippen LogP contribution >= 0.6 is 0 Å². The van der Waals surface area contributed by atoms with E-state index >= 15 is 0 Å². The number of furan rings is 1. The normalized spacial score (nSPS) is 17.2. The Morgan fingerprint density at radius 1 is 1.18 bits per heavy atom. The molecule has 1 atom stereocenters. The Morgan fingerprint density at radius 2 is 1.94 bits per heavy atom. The summed E-state index contributed by atoms with van der Waals surface area (Å²) in [6, 6.07) is 11.4. The summed E-state index contributed by atoms with van der Waals surface area (Å²) in [5, 5.41) is 8.00. The average molecular weight is 479 g/mol. The molecule has 1 unspecified atom stereocenters. The summed E-state index contributed by atoms with van der Waals surface area (Å²) in [6.45, 7) is 3.25. The second-order valence-corrected chi connectivity index (χ2v) is 10.6. The number of anilines is 1. The third-order valence-corrected chi connectivity index (χ3v) is 7.71. The van der Waals surface area contributed by atoms with Gasteiger partial charge in [-0.05, 0) is 62.7 Å². The molecule has 0 aliphatic carbocycles. The number of hydrogen-bond acceptors (Lipinski definition) is 7. The maximum Gasteiger partial charge on any atom is 0.256 e. The highest BCUT2D eigenvalue weighted by molar-refractivity contribution is 7.91. The molecule has 1 N–H and O–H groups in total. The Hall–Kier alpha value is -3.79. The Morgan fingerprint density at radius 3 is 2.56 bits per heavy atom. The lowest BCUT2D eigenvalue weighted by Gasteiger charge is -2.12. The zero-order chi connectivity index (χ0) is 24.0. The fourth-order valence-electron chi connectivity index (χ4n) is 4.25. The molecule has 1 aliphatic heterocycles.